The predicted molar refractivity (Wildman–Crippen MR) is 98.5 cm³/mol. The fourth-order valence-electron chi connectivity index (χ4n) is 2.71. The third kappa shape index (κ3) is 3.99. The molecule has 0 aliphatic carbocycles. The lowest BCUT2D eigenvalue weighted by Crippen LogP contribution is -2.61. The van der Waals surface area contributed by atoms with Crippen LogP contribution in [0.25, 0.3) is 0 Å². The zero-order valence-corrected chi connectivity index (χ0v) is 14.9. The van der Waals surface area contributed by atoms with E-state index in [9.17, 15) is 4.79 Å². The molecule has 0 spiro atoms. The van der Waals surface area contributed by atoms with Gasteiger partial charge in [0.2, 0.25) is 0 Å². The molecule has 2 aromatic carbocycles. The van der Waals surface area contributed by atoms with Gasteiger partial charge in [-0.05, 0) is 23.3 Å². The second-order valence-corrected chi connectivity index (χ2v) is 9.35. The van der Waals surface area contributed by atoms with Crippen LogP contribution in [0.15, 0.2) is 72.8 Å². The van der Waals surface area contributed by atoms with Crippen molar-refractivity contribution >= 4 is 24.7 Å². The van der Waals surface area contributed by atoms with E-state index in [1.54, 1.807) is 6.92 Å². The minimum Gasteiger partial charge on any atom is -0.507 e. The van der Waals surface area contributed by atoms with Gasteiger partial charge in [0.15, 0.2) is 0 Å². The first kappa shape index (κ1) is 17.2. The van der Waals surface area contributed by atoms with Gasteiger partial charge in [0.25, 0.3) is 0 Å². The highest BCUT2D eigenvalue weighted by Crippen LogP contribution is 2.18. The molecule has 0 heterocycles. The van der Waals surface area contributed by atoms with E-state index >= 15 is 0 Å². The Morgan fingerprint density at radius 1 is 1.00 bits per heavy atom. The molecule has 0 amide bonds. The van der Waals surface area contributed by atoms with Crippen LogP contribution in [0, 0.1) is 0 Å². The molecule has 0 saturated heterocycles. The number of carbonyl (C=O) groups is 1. The van der Waals surface area contributed by atoms with Gasteiger partial charge in [-0.25, -0.2) is 4.79 Å². The first-order chi connectivity index (χ1) is 11.1. The summed E-state index contributed by atoms with van der Waals surface area (Å²) in [5.74, 6) is -0.291. The zero-order valence-electron chi connectivity index (χ0n) is 13.9. The first-order valence-electron chi connectivity index (χ1n) is 8.10. The maximum atomic E-state index is 12.4. The van der Waals surface area contributed by atoms with Crippen molar-refractivity contribution in [2.45, 2.75) is 32.7 Å². The Bertz CT molecular complexity index is 610. The Labute approximate surface area is 139 Å². The van der Waals surface area contributed by atoms with E-state index in [4.69, 9.17) is 4.43 Å². The Morgan fingerprint density at radius 2 is 1.48 bits per heavy atom. The van der Waals surface area contributed by atoms with E-state index in [2.05, 4.69) is 37.8 Å². The van der Waals surface area contributed by atoms with Gasteiger partial charge in [-0.2, -0.15) is 0 Å². The van der Waals surface area contributed by atoms with Crippen LogP contribution in [0.5, 0.6) is 0 Å². The Morgan fingerprint density at radius 3 is 1.87 bits per heavy atom. The smallest absolute Gasteiger partial charge is 0.320 e. The minimum absolute atomic E-state index is 0.291. The third-order valence-corrected chi connectivity index (χ3v) is 8.10. The number of benzene rings is 2. The largest absolute Gasteiger partial charge is 0.507 e. The van der Waals surface area contributed by atoms with Crippen LogP contribution < -0.4 is 10.4 Å². The summed E-state index contributed by atoms with van der Waals surface area (Å²) in [6, 6.07) is 21.3. The van der Waals surface area contributed by atoms with Gasteiger partial charge >= 0.3 is 14.3 Å². The van der Waals surface area contributed by atoms with Crippen molar-refractivity contribution in [2.24, 2.45) is 0 Å². The number of rotatable bonds is 7. The van der Waals surface area contributed by atoms with Crippen LogP contribution in [0.3, 0.4) is 0 Å². The van der Waals surface area contributed by atoms with E-state index < -0.39 is 8.32 Å². The van der Waals surface area contributed by atoms with Crippen molar-refractivity contribution in [1.29, 1.82) is 0 Å². The molecule has 0 radical (unpaired) electrons. The van der Waals surface area contributed by atoms with E-state index in [1.807, 2.05) is 36.4 Å². The number of hydrogen-bond donors (Lipinski definition) is 0. The summed E-state index contributed by atoms with van der Waals surface area (Å²) in [7, 11) is -2.60. The molecule has 0 atom stereocenters. The quantitative estimate of drug-likeness (QED) is 0.574. The lowest BCUT2D eigenvalue weighted by Gasteiger charge is -2.32. The molecule has 3 heteroatoms. The highest BCUT2D eigenvalue weighted by molar-refractivity contribution is 6.98. The molecule has 0 unspecified atom stereocenters. The summed E-state index contributed by atoms with van der Waals surface area (Å²) in [4.78, 5) is 12.4. The van der Waals surface area contributed by atoms with E-state index in [1.165, 1.54) is 0 Å². The fourth-order valence-corrected chi connectivity index (χ4v) is 6.76. The van der Waals surface area contributed by atoms with Gasteiger partial charge < -0.3 is 4.43 Å². The van der Waals surface area contributed by atoms with Crippen molar-refractivity contribution in [3.63, 3.8) is 0 Å². The van der Waals surface area contributed by atoms with Gasteiger partial charge in [-0.15, -0.1) is 0 Å². The van der Waals surface area contributed by atoms with Crippen LogP contribution in [-0.2, 0) is 9.22 Å². The average Bonchev–Trinajstić information content (AvgIpc) is 2.60. The zero-order chi connectivity index (χ0) is 16.7. The second-order valence-electron chi connectivity index (χ2n) is 5.83. The summed E-state index contributed by atoms with van der Waals surface area (Å²) < 4.78 is 6.17. The highest BCUT2D eigenvalue weighted by Gasteiger charge is 2.42. The SMILES string of the molecule is C=C(C)C(=O)O[Si](CCCC)(c1ccccc1)c1ccccc1. The lowest BCUT2D eigenvalue weighted by atomic mass is 10.4. The number of carbonyl (C=O) groups excluding carboxylic acids is 1. The third-order valence-electron chi connectivity index (χ3n) is 3.98. The number of unbranched alkanes of at least 4 members (excludes halogenated alkanes) is 1. The average molecular weight is 324 g/mol. The van der Waals surface area contributed by atoms with Crippen LogP contribution >= 0.6 is 0 Å². The minimum atomic E-state index is -2.60. The van der Waals surface area contributed by atoms with Crippen molar-refractivity contribution in [3.05, 3.63) is 72.8 Å². The standard InChI is InChI=1S/C20H24O2Si/c1-4-5-16-23(22-20(21)17(2)3,18-12-8-6-9-13-18)19-14-10-7-11-15-19/h6-15H,2,4-5,16H2,1,3H3. The van der Waals surface area contributed by atoms with E-state index in [0.29, 0.717) is 5.57 Å². The molecule has 0 saturated carbocycles. The highest BCUT2D eigenvalue weighted by atomic mass is 28.4. The summed E-state index contributed by atoms with van der Waals surface area (Å²) in [5.41, 5.74) is 0.449. The van der Waals surface area contributed by atoms with Crippen LogP contribution in [0.2, 0.25) is 6.04 Å². The summed E-state index contributed by atoms with van der Waals surface area (Å²) in [6.45, 7) is 7.62. The van der Waals surface area contributed by atoms with Crippen LogP contribution in [-0.4, -0.2) is 14.3 Å². The van der Waals surface area contributed by atoms with Crippen LogP contribution in [0.4, 0.5) is 0 Å². The topological polar surface area (TPSA) is 26.3 Å². The molecule has 0 aliphatic heterocycles. The molecule has 0 N–H and O–H groups in total. The van der Waals surface area contributed by atoms with E-state index in [-0.39, 0.29) is 5.97 Å². The first-order valence-corrected chi connectivity index (χ1v) is 10.2. The van der Waals surface area contributed by atoms with Crippen LogP contribution in [0.1, 0.15) is 26.7 Å². The fraction of sp³-hybridized carbons (Fsp3) is 0.250. The molecule has 0 bridgehead atoms. The maximum Gasteiger partial charge on any atom is 0.320 e. The van der Waals surface area contributed by atoms with Gasteiger partial charge in [0.05, 0.1) is 0 Å². The van der Waals surface area contributed by atoms with Crippen molar-refractivity contribution in [1.82, 2.24) is 0 Å². The molecule has 120 valence electrons. The molecular formula is C20H24O2Si. The van der Waals surface area contributed by atoms with Crippen molar-refractivity contribution in [3.8, 4) is 0 Å². The monoisotopic (exact) mass is 324 g/mol. The van der Waals surface area contributed by atoms with Gasteiger partial charge in [-0.3, -0.25) is 0 Å². The Balaban J connectivity index is 2.58. The van der Waals surface area contributed by atoms with Gasteiger partial charge in [0, 0.05) is 5.57 Å². The number of hydrogen-bond acceptors (Lipinski definition) is 2. The Hall–Kier alpha value is -2.13. The molecule has 0 fully saturated rings. The van der Waals surface area contributed by atoms with Crippen molar-refractivity contribution < 1.29 is 9.22 Å². The molecule has 23 heavy (non-hydrogen) atoms. The molecular weight excluding hydrogens is 300 g/mol. The van der Waals surface area contributed by atoms with Crippen molar-refractivity contribution in [2.75, 3.05) is 0 Å². The molecule has 0 aromatic heterocycles. The summed E-state index contributed by atoms with van der Waals surface area (Å²) >= 11 is 0. The molecule has 2 rings (SSSR count). The second kappa shape index (κ2) is 7.93. The maximum absolute atomic E-state index is 12.4. The van der Waals surface area contributed by atoms with E-state index in [0.717, 1.165) is 29.3 Å². The Kier molecular flexibility index (Phi) is 5.94. The van der Waals surface area contributed by atoms with Gasteiger partial charge in [0.1, 0.15) is 0 Å². The predicted octanol–water partition coefficient (Wildman–Crippen LogP) is 3.67. The molecule has 0 aliphatic rings. The lowest BCUT2D eigenvalue weighted by molar-refractivity contribution is -0.130. The molecule has 2 aromatic rings. The normalized spacial score (nSPS) is 11.0. The van der Waals surface area contributed by atoms with Gasteiger partial charge in [-0.1, -0.05) is 87.0 Å². The molecule has 2 nitrogen and oxygen atoms in total. The summed E-state index contributed by atoms with van der Waals surface area (Å²) in [5, 5.41) is 2.27. The summed E-state index contributed by atoms with van der Waals surface area (Å²) in [6.07, 6.45) is 2.10.